The molecule has 4 nitrogen and oxygen atoms in total. The zero-order valence-corrected chi connectivity index (χ0v) is 18.6. The average molecular weight is 437 g/mol. The van der Waals surface area contributed by atoms with Crippen molar-refractivity contribution in [3.63, 3.8) is 0 Å². The summed E-state index contributed by atoms with van der Waals surface area (Å²) in [6, 6.07) is 18.8. The number of anilines is 1. The Labute approximate surface area is 182 Å². The Morgan fingerprint density at radius 2 is 1.71 bits per heavy atom. The highest BCUT2D eigenvalue weighted by Crippen LogP contribution is 2.26. The third-order valence-corrected chi connectivity index (χ3v) is 6.79. The predicted octanol–water partition coefficient (Wildman–Crippen LogP) is 5.32. The third-order valence-electron chi connectivity index (χ3n) is 5.39. The lowest BCUT2D eigenvalue weighted by Crippen LogP contribution is -2.16. The van der Waals surface area contributed by atoms with Crippen molar-refractivity contribution in [2.75, 3.05) is 11.3 Å². The van der Waals surface area contributed by atoms with E-state index in [1.165, 1.54) is 12.1 Å². The van der Waals surface area contributed by atoms with Crippen molar-refractivity contribution >= 4 is 21.4 Å². The van der Waals surface area contributed by atoms with Crippen LogP contribution in [0.2, 0.25) is 0 Å². The number of aliphatic imine (C=N–C) groups is 1. The smallest absolute Gasteiger partial charge is 0.261 e. The third kappa shape index (κ3) is 4.54. The molecule has 0 saturated carbocycles. The zero-order valence-electron chi connectivity index (χ0n) is 17.8. The Hall–Kier alpha value is -2.99. The van der Waals surface area contributed by atoms with E-state index in [-0.39, 0.29) is 16.1 Å². The lowest BCUT2D eigenvalue weighted by molar-refractivity contribution is 0.587. The van der Waals surface area contributed by atoms with Crippen LogP contribution in [0.4, 0.5) is 10.1 Å². The van der Waals surface area contributed by atoms with Gasteiger partial charge in [0.2, 0.25) is 0 Å². The summed E-state index contributed by atoms with van der Waals surface area (Å²) in [6.45, 7) is 6.82. The summed E-state index contributed by atoms with van der Waals surface area (Å²) in [4.78, 5) is 4.83. The number of rotatable bonds is 4. The van der Waals surface area contributed by atoms with Crippen LogP contribution in [0.3, 0.4) is 0 Å². The number of halogens is 1. The fraction of sp³-hybridized carbons (Fsp3) is 0.240. The molecule has 4 rings (SSSR count). The Balaban J connectivity index is 1.62. The van der Waals surface area contributed by atoms with Crippen LogP contribution in [0.5, 0.6) is 0 Å². The van der Waals surface area contributed by atoms with E-state index in [1.54, 1.807) is 36.4 Å². The minimum absolute atomic E-state index is 0.0516. The lowest BCUT2D eigenvalue weighted by atomic mass is 9.87. The van der Waals surface area contributed by atoms with Crippen LogP contribution in [0, 0.1) is 5.82 Å². The molecule has 0 aliphatic carbocycles. The molecular weight excluding hydrogens is 411 g/mol. The number of hydrogen-bond acceptors (Lipinski definition) is 3. The maximum absolute atomic E-state index is 13.6. The Morgan fingerprint density at radius 1 is 0.968 bits per heavy atom. The van der Waals surface area contributed by atoms with E-state index in [0.29, 0.717) is 18.7 Å². The van der Waals surface area contributed by atoms with Crippen molar-refractivity contribution in [2.45, 2.75) is 37.5 Å². The summed E-state index contributed by atoms with van der Waals surface area (Å²) in [7, 11) is -3.73. The molecule has 0 spiro atoms. The fourth-order valence-electron chi connectivity index (χ4n) is 3.70. The minimum atomic E-state index is -3.73. The predicted molar refractivity (Wildman–Crippen MR) is 123 cm³/mol. The number of sulfonamides is 1. The van der Waals surface area contributed by atoms with Crippen molar-refractivity contribution in [3.8, 4) is 0 Å². The van der Waals surface area contributed by atoms with Crippen molar-refractivity contribution in [2.24, 2.45) is 4.99 Å². The lowest BCUT2D eigenvalue weighted by Gasteiger charge is -2.19. The van der Waals surface area contributed by atoms with Crippen LogP contribution in [0.1, 0.15) is 43.0 Å². The first-order valence-corrected chi connectivity index (χ1v) is 11.7. The molecule has 160 valence electrons. The van der Waals surface area contributed by atoms with E-state index < -0.39 is 10.0 Å². The van der Waals surface area contributed by atoms with Gasteiger partial charge in [-0.05, 0) is 65.4 Å². The topological polar surface area (TPSA) is 58.5 Å². The number of nitrogens with zero attached hydrogens (tertiary/aromatic N) is 1. The SMILES string of the molecule is CC(C)(C)c1ccc(S(=O)(=O)Nc2cccc(C3=NCCc4cc(F)ccc43)c2)cc1. The van der Waals surface area contributed by atoms with E-state index in [0.717, 1.165) is 28.0 Å². The van der Waals surface area contributed by atoms with E-state index in [1.807, 2.05) is 18.2 Å². The molecule has 0 unspecified atom stereocenters. The zero-order chi connectivity index (χ0) is 22.2. The van der Waals surface area contributed by atoms with Gasteiger partial charge in [-0.2, -0.15) is 0 Å². The summed E-state index contributed by atoms with van der Waals surface area (Å²) >= 11 is 0. The van der Waals surface area contributed by atoms with Gasteiger partial charge in [0.25, 0.3) is 10.0 Å². The van der Waals surface area contributed by atoms with E-state index in [2.05, 4.69) is 30.5 Å². The van der Waals surface area contributed by atoms with Crippen molar-refractivity contribution in [1.82, 2.24) is 0 Å². The molecule has 0 atom stereocenters. The van der Waals surface area contributed by atoms with Gasteiger partial charge in [-0.3, -0.25) is 9.71 Å². The van der Waals surface area contributed by atoms with E-state index in [9.17, 15) is 12.8 Å². The van der Waals surface area contributed by atoms with Gasteiger partial charge in [0, 0.05) is 23.4 Å². The quantitative estimate of drug-likeness (QED) is 0.602. The molecule has 1 N–H and O–H groups in total. The van der Waals surface area contributed by atoms with Gasteiger partial charge in [-0.15, -0.1) is 0 Å². The second-order valence-electron chi connectivity index (χ2n) is 8.74. The maximum atomic E-state index is 13.6. The molecule has 0 radical (unpaired) electrons. The van der Waals surface area contributed by atoms with Crippen LogP contribution >= 0.6 is 0 Å². The summed E-state index contributed by atoms with van der Waals surface area (Å²) in [5.41, 5.74) is 4.80. The Bertz CT molecular complexity index is 1260. The van der Waals surface area contributed by atoms with Crippen LogP contribution in [-0.4, -0.2) is 20.7 Å². The first kappa shape index (κ1) is 21.2. The average Bonchev–Trinajstić information content (AvgIpc) is 2.72. The van der Waals surface area contributed by atoms with Gasteiger partial charge in [0.05, 0.1) is 10.6 Å². The van der Waals surface area contributed by atoms with Crippen LogP contribution in [-0.2, 0) is 21.9 Å². The number of fused-ring (bicyclic) bond motifs is 1. The highest BCUT2D eigenvalue weighted by atomic mass is 32.2. The maximum Gasteiger partial charge on any atom is 0.261 e. The van der Waals surface area contributed by atoms with Gasteiger partial charge in [0.1, 0.15) is 5.82 Å². The summed E-state index contributed by atoms with van der Waals surface area (Å²) in [5.74, 6) is -0.265. The number of benzene rings is 3. The van der Waals surface area contributed by atoms with Gasteiger partial charge in [-0.25, -0.2) is 12.8 Å². The highest BCUT2D eigenvalue weighted by Gasteiger charge is 2.20. The Kier molecular flexibility index (Phi) is 5.43. The van der Waals surface area contributed by atoms with E-state index in [4.69, 9.17) is 0 Å². The molecule has 1 aliphatic heterocycles. The molecule has 0 saturated heterocycles. The van der Waals surface area contributed by atoms with Crippen LogP contribution in [0.25, 0.3) is 0 Å². The Morgan fingerprint density at radius 3 is 2.42 bits per heavy atom. The second kappa shape index (κ2) is 7.93. The molecule has 31 heavy (non-hydrogen) atoms. The normalized spacial score (nSPS) is 14.0. The van der Waals surface area contributed by atoms with Crippen molar-refractivity contribution < 1.29 is 12.8 Å². The highest BCUT2D eigenvalue weighted by molar-refractivity contribution is 7.92. The van der Waals surface area contributed by atoms with Gasteiger partial charge < -0.3 is 0 Å². The summed E-state index contributed by atoms with van der Waals surface area (Å²) in [5, 5.41) is 0. The summed E-state index contributed by atoms with van der Waals surface area (Å²) in [6.07, 6.45) is 0.688. The number of hydrogen-bond donors (Lipinski definition) is 1. The monoisotopic (exact) mass is 436 g/mol. The van der Waals surface area contributed by atoms with Crippen molar-refractivity contribution in [3.05, 3.63) is 94.8 Å². The molecule has 0 fully saturated rings. The molecule has 3 aromatic rings. The molecule has 0 bridgehead atoms. The minimum Gasteiger partial charge on any atom is -0.284 e. The molecule has 1 heterocycles. The van der Waals surface area contributed by atoms with Gasteiger partial charge in [0.15, 0.2) is 0 Å². The largest absolute Gasteiger partial charge is 0.284 e. The van der Waals surface area contributed by atoms with E-state index >= 15 is 0 Å². The van der Waals surface area contributed by atoms with Crippen molar-refractivity contribution in [1.29, 1.82) is 0 Å². The second-order valence-corrected chi connectivity index (χ2v) is 10.4. The van der Waals surface area contributed by atoms with Gasteiger partial charge >= 0.3 is 0 Å². The van der Waals surface area contributed by atoms with Crippen LogP contribution in [0.15, 0.2) is 76.6 Å². The molecule has 0 amide bonds. The molecule has 0 aromatic heterocycles. The first-order chi connectivity index (χ1) is 14.6. The standard InChI is InChI=1S/C25H25FN2O2S/c1-25(2,3)19-7-10-22(11-8-19)31(29,30)28-21-6-4-5-18(16-21)24-23-12-9-20(26)15-17(23)13-14-27-24/h4-12,15-16,28H,13-14H2,1-3H3. The first-order valence-electron chi connectivity index (χ1n) is 10.2. The molecular formula is C25H25FN2O2S. The molecule has 1 aliphatic rings. The molecule has 6 heteroatoms. The van der Waals surface area contributed by atoms with Gasteiger partial charge in [-0.1, -0.05) is 45.0 Å². The fourth-order valence-corrected chi connectivity index (χ4v) is 4.75. The summed E-state index contributed by atoms with van der Waals surface area (Å²) < 4.78 is 42.1. The van der Waals surface area contributed by atoms with Crippen LogP contribution < -0.4 is 4.72 Å². The molecule has 3 aromatic carbocycles. The number of nitrogens with one attached hydrogen (secondary N) is 1.